The van der Waals surface area contributed by atoms with Crippen LogP contribution < -0.4 is 5.32 Å². The molecule has 2 amide bonds. The summed E-state index contributed by atoms with van der Waals surface area (Å²) in [5, 5.41) is 3.66. The van der Waals surface area contributed by atoms with Crippen LogP contribution in [0.1, 0.15) is 43.7 Å². The third-order valence-electron chi connectivity index (χ3n) is 5.16. The van der Waals surface area contributed by atoms with Crippen LogP contribution in [0.15, 0.2) is 0 Å². The zero-order chi connectivity index (χ0) is 16.2. The third kappa shape index (κ3) is 2.58. The van der Waals surface area contributed by atoms with Crippen molar-refractivity contribution in [2.75, 3.05) is 11.1 Å². The van der Waals surface area contributed by atoms with Crippen LogP contribution in [-0.4, -0.2) is 38.4 Å². The number of hydrogen-bond donors (Lipinski definition) is 1. The molecule has 4 rings (SSSR count). The molecule has 3 heterocycles. The largest absolute Gasteiger partial charge is 0.315 e. The fraction of sp³-hybridized carbons (Fsp3) is 0.688. The van der Waals surface area contributed by atoms with Crippen LogP contribution in [0.2, 0.25) is 0 Å². The summed E-state index contributed by atoms with van der Waals surface area (Å²) in [5.74, 6) is 1.39. The van der Waals surface area contributed by atoms with Crippen molar-refractivity contribution in [2.45, 2.75) is 56.9 Å². The highest BCUT2D eigenvalue weighted by atomic mass is 32.2. The minimum atomic E-state index is -0.361. The number of rotatable bonds is 2. The van der Waals surface area contributed by atoms with Crippen molar-refractivity contribution in [2.24, 2.45) is 5.92 Å². The van der Waals surface area contributed by atoms with Crippen molar-refractivity contribution in [1.82, 2.24) is 9.88 Å². The second-order valence-corrected chi connectivity index (χ2v) is 9.58. The van der Waals surface area contributed by atoms with Crippen LogP contribution in [-0.2, 0) is 22.4 Å². The van der Waals surface area contributed by atoms with Gasteiger partial charge in [0.25, 0.3) is 0 Å². The Bertz CT molecular complexity index is 674. The molecule has 2 saturated heterocycles. The average molecular weight is 351 g/mol. The molecular formula is C16H21N3O2S2. The van der Waals surface area contributed by atoms with Crippen LogP contribution in [0.25, 0.3) is 0 Å². The molecule has 0 spiro atoms. The zero-order valence-corrected chi connectivity index (χ0v) is 15.1. The molecule has 2 fully saturated rings. The highest BCUT2D eigenvalue weighted by Gasteiger charge is 2.53. The molecule has 0 saturated carbocycles. The summed E-state index contributed by atoms with van der Waals surface area (Å²) in [7, 11) is 0. The smallest absolute Gasteiger partial charge is 0.249 e. The van der Waals surface area contributed by atoms with Gasteiger partial charge in [-0.05, 0) is 38.5 Å². The average Bonchev–Trinajstić information content (AvgIpc) is 3.12. The van der Waals surface area contributed by atoms with E-state index in [0.717, 1.165) is 25.0 Å². The number of amides is 2. The molecule has 0 bridgehead atoms. The van der Waals surface area contributed by atoms with E-state index < -0.39 is 0 Å². The Balaban J connectivity index is 1.49. The number of anilines is 1. The van der Waals surface area contributed by atoms with Gasteiger partial charge in [0.05, 0.1) is 10.6 Å². The highest BCUT2D eigenvalue weighted by Crippen LogP contribution is 2.47. The van der Waals surface area contributed by atoms with E-state index in [0.29, 0.717) is 23.2 Å². The first kappa shape index (κ1) is 15.4. The van der Waals surface area contributed by atoms with E-state index in [2.05, 4.69) is 24.1 Å². The minimum Gasteiger partial charge on any atom is -0.315 e. The van der Waals surface area contributed by atoms with E-state index in [9.17, 15) is 9.59 Å². The highest BCUT2D eigenvalue weighted by molar-refractivity contribution is 8.01. The minimum absolute atomic E-state index is 0.0874. The summed E-state index contributed by atoms with van der Waals surface area (Å²) in [6, 6.07) is -0.361. The molecule has 1 N–H and O–H groups in total. The first-order valence-corrected chi connectivity index (χ1v) is 10.0. The first-order valence-electron chi connectivity index (χ1n) is 8.22. The van der Waals surface area contributed by atoms with Crippen LogP contribution >= 0.6 is 23.1 Å². The molecule has 1 aliphatic carbocycles. The number of aryl methyl sites for hydroxylation is 1. The predicted octanol–water partition coefficient (Wildman–Crippen LogP) is 2.66. The van der Waals surface area contributed by atoms with E-state index in [4.69, 9.17) is 0 Å². The van der Waals surface area contributed by atoms with Gasteiger partial charge in [0.15, 0.2) is 5.13 Å². The Morgan fingerprint density at radius 1 is 1.43 bits per heavy atom. The maximum Gasteiger partial charge on any atom is 0.249 e. The van der Waals surface area contributed by atoms with E-state index in [1.165, 1.54) is 11.3 Å². The van der Waals surface area contributed by atoms with E-state index in [1.807, 2.05) is 0 Å². The molecule has 0 unspecified atom stereocenters. The Labute approximate surface area is 144 Å². The SMILES string of the molecule is C[C@@H]1CCc2nc(NC(=O)[C@@H]3CS[C@]4(C)CCC(=O)N34)sc2C1. The maximum absolute atomic E-state index is 12.7. The van der Waals surface area contributed by atoms with Crippen LogP contribution in [0.4, 0.5) is 5.13 Å². The molecule has 3 atom stereocenters. The topological polar surface area (TPSA) is 62.3 Å². The number of carbonyl (C=O) groups excluding carboxylic acids is 2. The van der Waals surface area contributed by atoms with Crippen LogP contribution in [0.3, 0.4) is 0 Å². The Morgan fingerprint density at radius 3 is 3.09 bits per heavy atom. The monoisotopic (exact) mass is 351 g/mol. The van der Waals surface area contributed by atoms with Gasteiger partial charge in [0.2, 0.25) is 11.8 Å². The molecule has 3 aliphatic rings. The molecular weight excluding hydrogens is 330 g/mol. The van der Waals surface area contributed by atoms with Gasteiger partial charge in [0.1, 0.15) is 6.04 Å². The maximum atomic E-state index is 12.7. The summed E-state index contributed by atoms with van der Waals surface area (Å²) in [6.45, 7) is 4.33. The molecule has 2 aliphatic heterocycles. The summed E-state index contributed by atoms with van der Waals surface area (Å²) < 4.78 is 0. The van der Waals surface area contributed by atoms with Crippen molar-refractivity contribution < 1.29 is 9.59 Å². The summed E-state index contributed by atoms with van der Waals surface area (Å²) in [5.41, 5.74) is 1.14. The molecule has 0 radical (unpaired) electrons. The lowest BCUT2D eigenvalue weighted by Crippen LogP contribution is -2.48. The van der Waals surface area contributed by atoms with Gasteiger partial charge < -0.3 is 10.2 Å². The Kier molecular flexibility index (Phi) is 3.68. The number of carbonyl (C=O) groups is 2. The van der Waals surface area contributed by atoms with Gasteiger partial charge in [-0.3, -0.25) is 9.59 Å². The molecule has 1 aromatic rings. The fourth-order valence-electron chi connectivity index (χ4n) is 3.80. The molecule has 5 nitrogen and oxygen atoms in total. The van der Waals surface area contributed by atoms with E-state index >= 15 is 0 Å². The summed E-state index contributed by atoms with van der Waals surface area (Å²) in [6.07, 6.45) is 4.63. The lowest BCUT2D eigenvalue weighted by atomic mass is 9.93. The van der Waals surface area contributed by atoms with Gasteiger partial charge in [-0.2, -0.15) is 0 Å². The van der Waals surface area contributed by atoms with Gasteiger partial charge in [0, 0.05) is 17.1 Å². The van der Waals surface area contributed by atoms with Gasteiger partial charge in [-0.15, -0.1) is 23.1 Å². The van der Waals surface area contributed by atoms with Gasteiger partial charge in [-0.1, -0.05) is 6.92 Å². The predicted molar refractivity (Wildman–Crippen MR) is 92.7 cm³/mol. The molecule has 1 aromatic heterocycles. The third-order valence-corrected chi connectivity index (χ3v) is 7.70. The molecule has 124 valence electrons. The summed E-state index contributed by atoms with van der Waals surface area (Å²) in [4.78, 5) is 32.3. The van der Waals surface area contributed by atoms with Gasteiger partial charge >= 0.3 is 0 Å². The molecule has 0 aromatic carbocycles. The van der Waals surface area contributed by atoms with Crippen molar-refractivity contribution in [1.29, 1.82) is 0 Å². The molecule has 7 heteroatoms. The Hall–Kier alpha value is -1.08. The van der Waals surface area contributed by atoms with Crippen LogP contribution in [0, 0.1) is 5.92 Å². The molecule has 23 heavy (non-hydrogen) atoms. The lowest BCUT2D eigenvalue weighted by molar-refractivity contribution is -0.135. The van der Waals surface area contributed by atoms with Crippen molar-refractivity contribution in [3.63, 3.8) is 0 Å². The van der Waals surface area contributed by atoms with E-state index in [-0.39, 0.29) is 22.7 Å². The number of nitrogens with one attached hydrogen (secondary N) is 1. The quantitative estimate of drug-likeness (QED) is 0.890. The van der Waals surface area contributed by atoms with Gasteiger partial charge in [-0.25, -0.2) is 4.98 Å². The lowest BCUT2D eigenvalue weighted by Gasteiger charge is -2.29. The van der Waals surface area contributed by atoms with Crippen molar-refractivity contribution in [3.8, 4) is 0 Å². The van der Waals surface area contributed by atoms with E-state index in [1.54, 1.807) is 28.0 Å². The van der Waals surface area contributed by atoms with Crippen LogP contribution in [0.5, 0.6) is 0 Å². The normalized spacial score (nSPS) is 32.8. The number of hydrogen-bond acceptors (Lipinski definition) is 5. The summed E-state index contributed by atoms with van der Waals surface area (Å²) >= 11 is 3.32. The van der Waals surface area contributed by atoms with Crippen molar-refractivity contribution >= 4 is 40.0 Å². The second kappa shape index (κ2) is 5.48. The zero-order valence-electron chi connectivity index (χ0n) is 13.4. The first-order chi connectivity index (χ1) is 11.0. The number of thioether (sulfide) groups is 1. The fourth-order valence-corrected chi connectivity index (χ4v) is 6.40. The Morgan fingerprint density at radius 2 is 2.26 bits per heavy atom. The number of fused-ring (bicyclic) bond motifs is 2. The second-order valence-electron chi connectivity index (χ2n) is 6.99. The number of aromatic nitrogens is 1. The number of thiazole rings is 1. The standard InChI is InChI=1S/C16H21N3O2S2/c1-9-3-4-10-12(7-9)23-15(17-10)18-14(21)11-8-22-16(2)6-5-13(20)19(11)16/h9,11H,3-8H2,1-2H3,(H,17,18,21)/t9-,11+,16-/m1/s1. The number of nitrogens with zero attached hydrogens (tertiary/aromatic N) is 2. The van der Waals surface area contributed by atoms with Crippen molar-refractivity contribution in [3.05, 3.63) is 10.6 Å².